The molecule has 0 aliphatic heterocycles. The Morgan fingerprint density at radius 2 is 1.09 bits per heavy atom. The molecule has 1 heterocycles. The summed E-state index contributed by atoms with van der Waals surface area (Å²) in [6, 6.07) is 42.5. The third-order valence-electron chi connectivity index (χ3n) is 5.92. The van der Waals surface area contributed by atoms with E-state index in [1.54, 1.807) is 11.3 Å². The zero-order chi connectivity index (χ0) is 22.2. The molecule has 0 saturated carbocycles. The molecule has 0 N–H and O–H groups in total. The summed E-state index contributed by atoms with van der Waals surface area (Å²) in [6.07, 6.45) is 0. The molecular weight excluding hydrogens is 442 g/mol. The van der Waals surface area contributed by atoms with E-state index in [1.165, 1.54) is 15.5 Å². The van der Waals surface area contributed by atoms with Crippen molar-refractivity contribution in [2.45, 2.75) is 0 Å². The van der Waals surface area contributed by atoms with Crippen molar-refractivity contribution in [3.63, 3.8) is 0 Å². The fraction of sp³-hybridized carbons (Fsp3) is 0. The molecule has 0 bridgehead atoms. The van der Waals surface area contributed by atoms with E-state index in [-0.39, 0.29) is 0 Å². The van der Waals surface area contributed by atoms with Crippen molar-refractivity contribution in [1.82, 2.24) is 0 Å². The van der Waals surface area contributed by atoms with Gasteiger partial charge in [-0.25, -0.2) is 0 Å². The first kappa shape index (κ1) is 20.0. The maximum Gasteiger partial charge on any atom is 0.0590 e. The van der Waals surface area contributed by atoms with E-state index in [9.17, 15) is 0 Å². The number of anilines is 3. The third-order valence-corrected chi connectivity index (χ3v) is 7.55. The van der Waals surface area contributed by atoms with Gasteiger partial charge in [0.1, 0.15) is 0 Å². The largest absolute Gasteiger partial charge is 0.311 e. The summed E-state index contributed by atoms with van der Waals surface area (Å²) in [6.45, 7) is 0. The summed E-state index contributed by atoms with van der Waals surface area (Å²) in [4.78, 5) is 2.27. The lowest BCUT2D eigenvalue weighted by atomic mass is 10.0. The minimum atomic E-state index is 0.808. The van der Waals surface area contributed by atoms with E-state index in [2.05, 4.69) is 114 Å². The predicted molar refractivity (Wildman–Crippen MR) is 144 cm³/mol. The van der Waals surface area contributed by atoms with Crippen molar-refractivity contribution in [2.75, 3.05) is 4.90 Å². The monoisotopic (exact) mass is 461 g/mol. The van der Waals surface area contributed by atoms with Crippen LogP contribution in [0.1, 0.15) is 0 Å². The van der Waals surface area contributed by atoms with Crippen LogP contribution in [0.15, 0.2) is 121 Å². The normalized spacial score (nSPS) is 11.2. The minimum absolute atomic E-state index is 0.808. The highest BCUT2D eigenvalue weighted by Gasteiger charge is 2.13. The van der Waals surface area contributed by atoms with E-state index in [0.717, 1.165) is 37.9 Å². The van der Waals surface area contributed by atoms with E-state index in [1.807, 2.05) is 12.1 Å². The van der Waals surface area contributed by atoms with E-state index >= 15 is 0 Å². The topological polar surface area (TPSA) is 3.24 Å². The van der Waals surface area contributed by atoms with Crippen molar-refractivity contribution in [3.05, 3.63) is 126 Å². The standard InChI is InChI=1S/C30H20ClNS/c31-28-20-22(19-27-26-13-7-8-14-29(26)33-30(27)28)21-15-17-25(18-16-21)32(23-9-3-1-4-10-23)24-11-5-2-6-12-24/h1-20H. The Bertz CT molecular complexity index is 1510. The molecular formula is C30H20ClNS. The highest BCUT2D eigenvalue weighted by molar-refractivity contribution is 7.26. The summed E-state index contributed by atoms with van der Waals surface area (Å²) in [7, 11) is 0. The van der Waals surface area contributed by atoms with Crippen molar-refractivity contribution in [1.29, 1.82) is 0 Å². The maximum atomic E-state index is 6.73. The van der Waals surface area contributed by atoms with E-state index < -0.39 is 0 Å². The number of thiophene rings is 1. The molecule has 0 radical (unpaired) electrons. The lowest BCUT2D eigenvalue weighted by molar-refractivity contribution is 1.28. The summed E-state index contributed by atoms with van der Waals surface area (Å²) in [5, 5.41) is 3.29. The van der Waals surface area contributed by atoms with Gasteiger partial charge in [-0.1, -0.05) is 78.3 Å². The maximum absolute atomic E-state index is 6.73. The Hall–Kier alpha value is -3.59. The summed E-state index contributed by atoms with van der Waals surface area (Å²) < 4.78 is 2.42. The van der Waals surface area contributed by atoms with E-state index in [4.69, 9.17) is 11.6 Å². The van der Waals surface area contributed by atoms with Crippen LogP contribution < -0.4 is 4.90 Å². The molecule has 0 aliphatic rings. The Morgan fingerprint density at radius 3 is 1.76 bits per heavy atom. The van der Waals surface area contributed by atoms with Crippen LogP contribution in [0, 0.1) is 0 Å². The van der Waals surface area contributed by atoms with E-state index in [0.29, 0.717) is 0 Å². The Balaban J connectivity index is 1.44. The minimum Gasteiger partial charge on any atom is -0.311 e. The van der Waals surface area contributed by atoms with Gasteiger partial charge in [0.25, 0.3) is 0 Å². The molecule has 6 aromatic rings. The molecule has 6 rings (SSSR count). The zero-order valence-electron chi connectivity index (χ0n) is 17.8. The Morgan fingerprint density at radius 1 is 0.515 bits per heavy atom. The molecule has 0 atom stereocenters. The number of hydrogen-bond donors (Lipinski definition) is 0. The average Bonchev–Trinajstić information content (AvgIpc) is 3.25. The average molecular weight is 462 g/mol. The van der Waals surface area contributed by atoms with Gasteiger partial charge in [0.2, 0.25) is 0 Å². The highest BCUT2D eigenvalue weighted by Crippen LogP contribution is 2.41. The van der Waals surface area contributed by atoms with Crippen molar-refractivity contribution in [2.24, 2.45) is 0 Å². The van der Waals surface area contributed by atoms with Gasteiger partial charge in [0.05, 0.1) is 9.72 Å². The second kappa shape index (κ2) is 8.40. The van der Waals surface area contributed by atoms with Crippen LogP contribution in [0.5, 0.6) is 0 Å². The van der Waals surface area contributed by atoms with Gasteiger partial charge < -0.3 is 4.90 Å². The summed E-state index contributed by atoms with van der Waals surface area (Å²) in [5.41, 5.74) is 5.66. The zero-order valence-corrected chi connectivity index (χ0v) is 19.4. The molecule has 0 spiro atoms. The van der Waals surface area contributed by atoms with Gasteiger partial charge in [-0.05, 0) is 65.7 Å². The molecule has 0 amide bonds. The second-order valence-corrected chi connectivity index (χ2v) is 9.45. The molecule has 158 valence electrons. The smallest absolute Gasteiger partial charge is 0.0590 e. The molecule has 0 fully saturated rings. The molecule has 1 aromatic heterocycles. The van der Waals surface area contributed by atoms with Gasteiger partial charge in [0, 0.05) is 32.5 Å². The lowest BCUT2D eigenvalue weighted by Crippen LogP contribution is -2.09. The first-order valence-electron chi connectivity index (χ1n) is 10.9. The van der Waals surface area contributed by atoms with Crippen LogP contribution in [0.25, 0.3) is 31.3 Å². The number of rotatable bonds is 4. The molecule has 0 saturated heterocycles. The van der Waals surface area contributed by atoms with Crippen molar-refractivity contribution >= 4 is 60.2 Å². The van der Waals surface area contributed by atoms with Crippen LogP contribution in [0.2, 0.25) is 5.02 Å². The molecule has 0 aliphatic carbocycles. The van der Waals surface area contributed by atoms with Crippen molar-refractivity contribution in [3.8, 4) is 11.1 Å². The van der Waals surface area contributed by atoms with Gasteiger partial charge in [-0.2, -0.15) is 0 Å². The number of benzene rings is 5. The van der Waals surface area contributed by atoms with Crippen LogP contribution in [0.4, 0.5) is 17.1 Å². The van der Waals surface area contributed by atoms with Crippen LogP contribution in [-0.2, 0) is 0 Å². The summed E-state index contributed by atoms with van der Waals surface area (Å²) >= 11 is 8.48. The van der Waals surface area contributed by atoms with Crippen LogP contribution >= 0.6 is 22.9 Å². The number of hydrogen-bond acceptors (Lipinski definition) is 2. The number of halogens is 1. The first-order valence-corrected chi connectivity index (χ1v) is 12.1. The third kappa shape index (κ3) is 3.68. The molecule has 0 unspecified atom stereocenters. The Kier molecular flexibility index (Phi) is 5.10. The fourth-order valence-corrected chi connectivity index (χ4v) is 5.78. The number of nitrogens with zero attached hydrogens (tertiary/aromatic N) is 1. The van der Waals surface area contributed by atoms with Gasteiger partial charge in [-0.3, -0.25) is 0 Å². The summed E-state index contributed by atoms with van der Waals surface area (Å²) in [5.74, 6) is 0. The van der Waals surface area contributed by atoms with Crippen LogP contribution in [-0.4, -0.2) is 0 Å². The van der Waals surface area contributed by atoms with Gasteiger partial charge >= 0.3 is 0 Å². The fourth-order valence-electron chi connectivity index (χ4n) is 4.36. The molecule has 33 heavy (non-hydrogen) atoms. The second-order valence-electron chi connectivity index (χ2n) is 7.99. The SMILES string of the molecule is Clc1cc(-c2ccc(N(c3ccccc3)c3ccccc3)cc2)cc2c1sc1ccccc12. The molecule has 1 nitrogen and oxygen atoms in total. The highest BCUT2D eigenvalue weighted by atomic mass is 35.5. The predicted octanol–water partition coefficient (Wildman–Crippen LogP) is 9.84. The first-order chi connectivity index (χ1) is 16.3. The number of para-hydroxylation sites is 2. The lowest BCUT2D eigenvalue weighted by Gasteiger charge is -2.25. The van der Waals surface area contributed by atoms with Crippen molar-refractivity contribution < 1.29 is 0 Å². The number of fused-ring (bicyclic) bond motifs is 3. The van der Waals surface area contributed by atoms with Crippen LogP contribution in [0.3, 0.4) is 0 Å². The van der Waals surface area contributed by atoms with Gasteiger partial charge in [0.15, 0.2) is 0 Å². The van der Waals surface area contributed by atoms with Gasteiger partial charge in [-0.15, -0.1) is 11.3 Å². The Labute approximate surface area is 202 Å². The quantitative estimate of drug-likeness (QED) is 0.252. The molecule has 3 heteroatoms. The molecule has 5 aromatic carbocycles.